The lowest BCUT2D eigenvalue weighted by Crippen LogP contribution is -2.39. The number of methoxy groups -OCH3 is 1. The maximum atomic E-state index is 11.6. The zero-order valence-corrected chi connectivity index (χ0v) is 12.9. The second kappa shape index (κ2) is 6.44. The van der Waals surface area contributed by atoms with Crippen molar-refractivity contribution in [1.29, 1.82) is 0 Å². The quantitative estimate of drug-likeness (QED) is 0.481. The van der Waals surface area contributed by atoms with Crippen molar-refractivity contribution in [3.05, 3.63) is 33.9 Å². The Morgan fingerprint density at radius 2 is 2.13 bits per heavy atom. The number of nitrogens with zero attached hydrogens (tertiary/aromatic N) is 1. The number of hydrogen-bond acceptors (Lipinski definition) is 6. The summed E-state index contributed by atoms with van der Waals surface area (Å²) in [5.41, 5.74) is 0.866. The summed E-state index contributed by atoms with van der Waals surface area (Å²) in [5.74, 6) is 0.353. The number of rotatable bonds is 4. The lowest BCUT2D eigenvalue weighted by Gasteiger charge is -2.32. The predicted octanol–water partition coefficient (Wildman–Crippen LogP) is 2.51. The first-order valence-corrected chi connectivity index (χ1v) is 7.70. The van der Waals surface area contributed by atoms with Crippen LogP contribution in [0.5, 0.6) is 11.5 Å². The molecule has 7 nitrogen and oxygen atoms in total. The van der Waals surface area contributed by atoms with Crippen LogP contribution in [-0.2, 0) is 9.53 Å². The van der Waals surface area contributed by atoms with Gasteiger partial charge in [-0.05, 0) is 30.5 Å². The fourth-order valence-corrected chi connectivity index (χ4v) is 3.62. The molecule has 2 aliphatic rings. The molecule has 0 radical (unpaired) electrons. The highest BCUT2D eigenvalue weighted by Crippen LogP contribution is 2.42. The first-order chi connectivity index (χ1) is 11.1. The summed E-state index contributed by atoms with van der Waals surface area (Å²) in [6, 6.07) is 4.68. The van der Waals surface area contributed by atoms with E-state index in [2.05, 4.69) is 4.74 Å². The number of ether oxygens (including phenoxy) is 3. The largest absolute Gasteiger partial charge is 0.469 e. The van der Waals surface area contributed by atoms with Crippen LogP contribution < -0.4 is 9.47 Å². The number of benzene rings is 1. The van der Waals surface area contributed by atoms with Crippen LogP contribution in [0.2, 0.25) is 0 Å². The fraction of sp³-hybridized carbons (Fsp3) is 0.562. The number of nitro groups is 1. The molecule has 1 aliphatic carbocycles. The molecule has 1 aliphatic heterocycles. The van der Waals surface area contributed by atoms with Crippen LogP contribution in [0, 0.1) is 16.0 Å². The van der Waals surface area contributed by atoms with Crippen molar-refractivity contribution in [3.63, 3.8) is 0 Å². The molecule has 1 aromatic carbocycles. The Morgan fingerprint density at radius 3 is 2.87 bits per heavy atom. The third kappa shape index (κ3) is 3.09. The molecule has 1 heterocycles. The lowest BCUT2D eigenvalue weighted by molar-refractivity contribution is -0.539. The fourth-order valence-electron chi connectivity index (χ4n) is 3.62. The second-order valence-corrected chi connectivity index (χ2v) is 5.97. The van der Waals surface area contributed by atoms with E-state index in [0.717, 1.165) is 18.4 Å². The van der Waals surface area contributed by atoms with Crippen LogP contribution in [0.25, 0.3) is 0 Å². The molecule has 23 heavy (non-hydrogen) atoms. The topological polar surface area (TPSA) is 87.9 Å². The smallest absolute Gasteiger partial charge is 0.306 e. The molecular formula is C16H19NO6. The van der Waals surface area contributed by atoms with Gasteiger partial charge in [0.2, 0.25) is 12.8 Å². The Hall–Kier alpha value is -2.31. The van der Waals surface area contributed by atoms with Crippen LogP contribution in [0.4, 0.5) is 0 Å². The van der Waals surface area contributed by atoms with Crippen molar-refractivity contribution in [2.45, 2.75) is 37.6 Å². The molecule has 3 atom stereocenters. The van der Waals surface area contributed by atoms with Crippen LogP contribution in [-0.4, -0.2) is 30.8 Å². The Labute approximate surface area is 133 Å². The Bertz CT molecular complexity index is 617. The summed E-state index contributed by atoms with van der Waals surface area (Å²) >= 11 is 0. The maximum Gasteiger partial charge on any atom is 0.306 e. The minimum Gasteiger partial charge on any atom is -0.469 e. The van der Waals surface area contributed by atoms with Crippen LogP contribution in [0.3, 0.4) is 0 Å². The number of esters is 1. The van der Waals surface area contributed by atoms with Gasteiger partial charge in [0.15, 0.2) is 11.5 Å². The first kappa shape index (κ1) is 15.6. The van der Waals surface area contributed by atoms with Crippen molar-refractivity contribution >= 4 is 5.97 Å². The van der Waals surface area contributed by atoms with E-state index in [1.807, 2.05) is 12.1 Å². The van der Waals surface area contributed by atoms with Gasteiger partial charge in [-0.2, -0.15) is 0 Å². The Balaban J connectivity index is 1.87. The van der Waals surface area contributed by atoms with Crippen molar-refractivity contribution in [1.82, 2.24) is 0 Å². The molecule has 0 spiro atoms. The van der Waals surface area contributed by atoms with Gasteiger partial charge in [-0.25, -0.2) is 0 Å². The summed E-state index contributed by atoms with van der Waals surface area (Å²) in [7, 11) is 1.31. The van der Waals surface area contributed by atoms with Crippen LogP contribution in [0.1, 0.15) is 37.2 Å². The van der Waals surface area contributed by atoms with Gasteiger partial charge in [-0.3, -0.25) is 14.9 Å². The van der Waals surface area contributed by atoms with Gasteiger partial charge in [0, 0.05) is 10.8 Å². The minimum atomic E-state index is -0.789. The summed E-state index contributed by atoms with van der Waals surface area (Å²) < 4.78 is 15.3. The normalized spacial score (nSPS) is 25.9. The number of carbonyl (C=O) groups excluding carboxylic acids is 1. The molecule has 124 valence electrons. The van der Waals surface area contributed by atoms with Crippen LogP contribution >= 0.6 is 0 Å². The van der Waals surface area contributed by atoms with Gasteiger partial charge in [0.25, 0.3) is 0 Å². The average molecular weight is 321 g/mol. The molecule has 0 aromatic heterocycles. The second-order valence-electron chi connectivity index (χ2n) is 5.97. The van der Waals surface area contributed by atoms with E-state index >= 15 is 0 Å². The minimum absolute atomic E-state index is 0.0865. The molecule has 1 fully saturated rings. The number of hydrogen-bond donors (Lipinski definition) is 0. The summed E-state index contributed by atoms with van der Waals surface area (Å²) in [6.07, 6.45) is 2.33. The maximum absolute atomic E-state index is 11.6. The van der Waals surface area contributed by atoms with Gasteiger partial charge < -0.3 is 14.2 Å². The molecule has 0 N–H and O–H groups in total. The number of fused-ring (bicyclic) bond motifs is 1. The van der Waals surface area contributed by atoms with E-state index in [1.165, 1.54) is 7.11 Å². The Kier molecular flexibility index (Phi) is 4.36. The SMILES string of the molecule is COC(=O)C[C@@H]1CCC[C@H](c2ccc3c(c2)OCO3)[C@H]1[N+](=O)[O-]. The summed E-state index contributed by atoms with van der Waals surface area (Å²) in [6.45, 7) is 0.174. The van der Waals surface area contributed by atoms with Crippen molar-refractivity contribution in [2.24, 2.45) is 5.92 Å². The molecule has 1 aromatic rings. The van der Waals surface area contributed by atoms with Crippen LogP contribution in [0.15, 0.2) is 18.2 Å². The van der Waals surface area contributed by atoms with Crippen molar-refractivity contribution in [3.8, 4) is 11.5 Å². The highest BCUT2D eigenvalue weighted by Gasteiger charge is 2.44. The predicted molar refractivity (Wildman–Crippen MR) is 80.1 cm³/mol. The highest BCUT2D eigenvalue weighted by atomic mass is 16.7. The van der Waals surface area contributed by atoms with E-state index in [0.29, 0.717) is 17.9 Å². The molecule has 0 saturated heterocycles. The first-order valence-electron chi connectivity index (χ1n) is 7.70. The molecular weight excluding hydrogens is 302 g/mol. The van der Waals surface area contributed by atoms with E-state index < -0.39 is 12.0 Å². The molecule has 3 rings (SSSR count). The van der Waals surface area contributed by atoms with Gasteiger partial charge in [0.1, 0.15) is 0 Å². The lowest BCUT2D eigenvalue weighted by atomic mass is 9.73. The van der Waals surface area contributed by atoms with Crippen molar-refractivity contribution in [2.75, 3.05) is 13.9 Å². The number of carbonyl (C=O) groups is 1. The van der Waals surface area contributed by atoms with Gasteiger partial charge in [-0.1, -0.05) is 12.5 Å². The standard InChI is InChI=1S/C16H19NO6/c1-21-15(18)8-11-3-2-4-12(16(11)17(19)20)10-5-6-13-14(7-10)23-9-22-13/h5-7,11-12,16H,2-4,8-9H2,1H3/t11-,12+,16-/m0/s1. The van der Waals surface area contributed by atoms with Gasteiger partial charge >= 0.3 is 5.97 Å². The molecule has 0 bridgehead atoms. The van der Waals surface area contributed by atoms with Gasteiger partial charge in [-0.15, -0.1) is 0 Å². The zero-order chi connectivity index (χ0) is 16.4. The van der Waals surface area contributed by atoms with E-state index in [4.69, 9.17) is 9.47 Å². The third-order valence-corrected chi connectivity index (χ3v) is 4.71. The van der Waals surface area contributed by atoms with E-state index in [1.54, 1.807) is 6.07 Å². The Morgan fingerprint density at radius 1 is 1.35 bits per heavy atom. The third-order valence-electron chi connectivity index (χ3n) is 4.71. The molecule has 0 amide bonds. The molecule has 1 saturated carbocycles. The highest BCUT2D eigenvalue weighted by molar-refractivity contribution is 5.69. The van der Waals surface area contributed by atoms with E-state index in [9.17, 15) is 14.9 Å². The van der Waals surface area contributed by atoms with Crippen molar-refractivity contribution < 1.29 is 23.9 Å². The summed E-state index contributed by atoms with van der Waals surface area (Å²) in [5, 5.41) is 11.6. The van der Waals surface area contributed by atoms with Gasteiger partial charge in [0.05, 0.1) is 19.4 Å². The average Bonchev–Trinajstić information content (AvgIpc) is 3.01. The summed E-state index contributed by atoms with van der Waals surface area (Å²) in [4.78, 5) is 23.0. The monoisotopic (exact) mass is 321 g/mol. The zero-order valence-electron chi connectivity index (χ0n) is 12.9. The molecule has 7 heteroatoms. The van der Waals surface area contributed by atoms with E-state index in [-0.39, 0.29) is 30.0 Å². The molecule has 0 unspecified atom stereocenters.